The highest BCUT2D eigenvalue weighted by Gasteiger charge is 2.27. The van der Waals surface area contributed by atoms with Crippen molar-refractivity contribution in [3.63, 3.8) is 0 Å². The minimum Gasteiger partial charge on any atom is -0.398 e. The van der Waals surface area contributed by atoms with Crippen molar-refractivity contribution in [2.24, 2.45) is 0 Å². The molecule has 0 amide bonds. The van der Waals surface area contributed by atoms with Gasteiger partial charge in [-0.1, -0.05) is 19.1 Å². The molecule has 0 aliphatic carbocycles. The number of sulfonamides is 1. The smallest absolute Gasteiger partial charge is 0.245 e. The van der Waals surface area contributed by atoms with Crippen LogP contribution in [0.4, 0.5) is 17.3 Å². The molecule has 8 heteroatoms. The van der Waals surface area contributed by atoms with Gasteiger partial charge < -0.3 is 11.1 Å². The highest BCUT2D eigenvalue weighted by atomic mass is 32.2. The molecule has 2 heterocycles. The molecular weight excluding hydrogens is 338 g/mol. The largest absolute Gasteiger partial charge is 0.398 e. The molecule has 1 aliphatic rings. The molecule has 1 saturated heterocycles. The van der Waals surface area contributed by atoms with Crippen LogP contribution < -0.4 is 11.1 Å². The average molecular weight is 359 g/mol. The molecule has 2 aromatic rings. The highest BCUT2D eigenvalue weighted by molar-refractivity contribution is 7.89. The molecule has 0 saturated carbocycles. The van der Waals surface area contributed by atoms with E-state index in [0.717, 1.165) is 24.8 Å². The van der Waals surface area contributed by atoms with Crippen LogP contribution in [0.5, 0.6) is 0 Å². The van der Waals surface area contributed by atoms with E-state index in [1.54, 1.807) is 30.6 Å². The number of piperidine rings is 1. The summed E-state index contributed by atoms with van der Waals surface area (Å²) < 4.78 is 27.0. The Morgan fingerprint density at radius 1 is 1.16 bits per heavy atom. The van der Waals surface area contributed by atoms with Gasteiger partial charge in [-0.3, -0.25) is 0 Å². The molecule has 0 bridgehead atoms. The number of aromatic nitrogens is 2. The van der Waals surface area contributed by atoms with E-state index in [4.69, 9.17) is 5.73 Å². The summed E-state index contributed by atoms with van der Waals surface area (Å²) in [5, 5.41) is 3.01. The molecule has 0 atom stereocenters. The topological polar surface area (TPSA) is 101 Å². The van der Waals surface area contributed by atoms with Gasteiger partial charge in [0.2, 0.25) is 16.0 Å². The fraction of sp³-hybridized carbons (Fsp3) is 0.294. The number of nitrogens with two attached hydrogens (primary N) is 1. The number of hydrogen-bond acceptors (Lipinski definition) is 6. The van der Waals surface area contributed by atoms with Gasteiger partial charge >= 0.3 is 0 Å². The van der Waals surface area contributed by atoms with Crippen molar-refractivity contribution in [3.8, 4) is 0 Å². The first-order valence-electron chi connectivity index (χ1n) is 8.12. The van der Waals surface area contributed by atoms with Gasteiger partial charge in [-0.15, -0.1) is 0 Å². The lowest BCUT2D eigenvalue weighted by atomic mass is 10.2. The van der Waals surface area contributed by atoms with Crippen molar-refractivity contribution in [2.45, 2.75) is 24.2 Å². The molecule has 1 fully saturated rings. The maximum Gasteiger partial charge on any atom is 0.245 e. The van der Waals surface area contributed by atoms with E-state index in [1.165, 1.54) is 10.4 Å². The minimum atomic E-state index is -3.55. The third kappa shape index (κ3) is 3.80. The molecule has 132 valence electrons. The average Bonchev–Trinajstić information content (AvgIpc) is 2.63. The third-order valence-electron chi connectivity index (χ3n) is 4.11. The van der Waals surface area contributed by atoms with Crippen LogP contribution >= 0.6 is 0 Å². The van der Waals surface area contributed by atoms with E-state index in [0.29, 0.717) is 24.7 Å². The fourth-order valence-corrected chi connectivity index (χ4v) is 4.36. The predicted molar refractivity (Wildman–Crippen MR) is 98.9 cm³/mol. The van der Waals surface area contributed by atoms with Crippen LogP contribution in [0.3, 0.4) is 0 Å². The molecule has 3 N–H and O–H groups in total. The lowest BCUT2D eigenvalue weighted by molar-refractivity contribution is 0.347. The molecule has 3 rings (SSSR count). The standard InChI is InChI=1S/C17H21N5O2S/c1-2-13-11-19-17(20-12-13)21-14-6-7-16(15(18)10-14)25(23,24)22-8-4-3-5-9-22/h2,6-7,10-12H,1,3-5,8-9,18H2,(H,19,20,21). The Hall–Kier alpha value is -2.45. The van der Waals surface area contributed by atoms with Crippen LogP contribution in [-0.2, 0) is 10.0 Å². The number of anilines is 3. The van der Waals surface area contributed by atoms with Gasteiger partial charge in [0.15, 0.2) is 0 Å². The summed E-state index contributed by atoms with van der Waals surface area (Å²) in [5.74, 6) is 0.400. The Bertz CT molecular complexity index is 859. The number of nitrogens with one attached hydrogen (secondary N) is 1. The number of rotatable bonds is 5. The van der Waals surface area contributed by atoms with Crippen LogP contribution in [0.2, 0.25) is 0 Å². The van der Waals surface area contributed by atoms with Gasteiger partial charge in [-0.25, -0.2) is 18.4 Å². The maximum atomic E-state index is 12.7. The number of nitrogens with zero attached hydrogens (tertiary/aromatic N) is 3. The van der Waals surface area contributed by atoms with Crippen molar-refractivity contribution in [1.29, 1.82) is 0 Å². The second-order valence-electron chi connectivity index (χ2n) is 5.89. The van der Waals surface area contributed by atoms with Crippen molar-refractivity contribution < 1.29 is 8.42 Å². The predicted octanol–water partition coefficient (Wildman–Crippen LogP) is 2.62. The van der Waals surface area contributed by atoms with Crippen molar-refractivity contribution in [1.82, 2.24) is 14.3 Å². The molecule has 1 aromatic carbocycles. The van der Waals surface area contributed by atoms with Crippen LogP contribution in [-0.4, -0.2) is 35.8 Å². The van der Waals surface area contributed by atoms with E-state index >= 15 is 0 Å². The van der Waals surface area contributed by atoms with Crippen LogP contribution in [0.25, 0.3) is 6.08 Å². The summed E-state index contributed by atoms with van der Waals surface area (Å²) in [5.41, 5.74) is 7.66. The zero-order chi connectivity index (χ0) is 17.9. The van der Waals surface area contributed by atoms with Crippen molar-refractivity contribution in [2.75, 3.05) is 24.1 Å². The van der Waals surface area contributed by atoms with Gasteiger partial charge in [-0.2, -0.15) is 4.31 Å². The molecule has 0 radical (unpaired) electrons. The first-order valence-corrected chi connectivity index (χ1v) is 9.56. The highest BCUT2D eigenvalue weighted by Crippen LogP contribution is 2.28. The van der Waals surface area contributed by atoms with Crippen molar-refractivity contribution in [3.05, 3.63) is 42.7 Å². The molecule has 1 aliphatic heterocycles. The molecule has 1 aromatic heterocycles. The Balaban J connectivity index is 1.81. The molecule has 7 nitrogen and oxygen atoms in total. The maximum absolute atomic E-state index is 12.7. The summed E-state index contributed by atoms with van der Waals surface area (Å²) in [6, 6.07) is 4.78. The Labute approximate surface area is 147 Å². The van der Waals surface area contributed by atoms with Crippen LogP contribution in [0, 0.1) is 0 Å². The first kappa shape index (κ1) is 17.4. The van der Waals surface area contributed by atoms with Gasteiger partial charge in [0.1, 0.15) is 4.90 Å². The van der Waals surface area contributed by atoms with Crippen molar-refractivity contribution >= 4 is 33.4 Å². The molecular formula is C17H21N5O2S. The lowest BCUT2D eigenvalue weighted by Crippen LogP contribution is -2.35. The van der Waals surface area contributed by atoms with E-state index in [1.807, 2.05) is 0 Å². The zero-order valence-electron chi connectivity index (χ0n) is 13.9. The van der Waals surface area contributed by atoms with Gasteiger partial charge in [0, 0.05) is 36.7 Å². The molecule has 25 heavy (non-hydrogen) atoms. The summed E-state index contributed by atoms with van der Waals surface area (Å²) in [7, 11) is -3.55. The normalized spacial score (nSPS) is 15.7. The van der Waals surface area contributed by atoms with E-state index in [2.05, 4.69) is 21.9 Å². The Morgan fingerprint density at radius 3 is 2.44 bits per heavy atom. The Morgan fingerprint density at radius 2 is 1.84 bits per heavy atom. The van der Waals surface area contributed by atoms with Crippen LogP contribution in [0.1, 0.15) is 24.8 Å². The van der Waals surface area contributed by atoms with E-state index < -0.39 is 10.0 Å². The third-order valence-corrected chi connectivity index (χ3v) is 6.08. The Kier molecular flexibility index (Phi) is 5.00. The zero-order valence-corrected chi connectivity index (χ0v) is 14.7. The first-order chi connectivity index (χ1) is 12.0. The van der Waals surface area contributed by atoms with Gasteiger partial charge in [0.25, 0.3) is 0 Å². The monoisotopic (exact) mass is 359 g/mol. The summed E-state index contributed by atoms with van der Waals surface area (Å²) in [6.45, 7) is 4.74. The second-order valence-corrected chi connectivity index (χ2v) is 7.79. The molecule has 0 spiro atoms. The minimum absolute atomic E-state index is 0.142. The van der Waals surface area contributed by atoms with Crippen LogP contribution in [0.15, 0.2) is 42.1 Å². The number of benzene rings is 1. The fourth-order valence-electron chi connectivity index (χ4n) is 2.74. The van der Waals surface area contributed by atoms with Gasteiger partial charge in [0.05, 0.1) is 5.69 Å². The number of nitrogen functional groups attached to an aromatic ring is 1. The van der Waals surface area contributed by atoms with E-state index in [9.17, 15) is 8.42 Å². The molecule has 0 unspecified atom stereocenters. The summed E-state index contributed by atoms with van der Waals surface area (Å²) in [4.78, 5) is 8.46. The second kappa shape index (κ2) is 7.20. The number of hydrogen-bond donors (Lipinski definition) is 2. The SMILES string of the molecule is C=Cc1cnc(Nc2ccc(S(=O)(=O)N3CCCCC3)c(N)c2)nc1. The van der Waals surface area contributed by atoms with E-state index in [-0.39, 0.29) is 10.6 Å². The quantitative estimate of drug-likeness (QED) is 0.796. The summed E-state index contributed by atoms with van der Waals surface area (Å²) in [6.07, 6.45) is 7.77. The van der Waals surface area contributed by atoms with Gasteiger partial charge in [-0.05, 0) is 31.0 Å². The summed E-state index contributed by atoms with van der Waals surface area (Å²) >= 11 is 0. The lowest BCUT2D eigenvalue weighted by Gasteiger charge is -2.26.